The van der Waals surface area contributed by atoms with Crippen molar-refractivity contribution in [1.29, 1.82) is 0 Å². The third kappa shape index (κ3) is 1.03. The third-order valence-corrected chi connectivity index (χ3v) is 3.34. The highest BCUT2D eigenvalue weighted by molar-refractivity contribution is 7.99. The summed E-state index contributed by atoms with van der Waals surface area (Å²) in [4.78, 5) is 14.6. The largest absolute Gasteiger partial charge is 0.477 e. The van der Waals surface area contributed by atoms with Gasteiger partial charge in [-0.25, -0.2) is 4.79 Å². The number of rotatable bonds is 1. The molecular weight excluding hydrogens is 174 g/mol. The number of aromatic carboxylic acids is 1. The van der Waals surface area contributed by atoms with Gasteiger partial charge in [-0.15, -0.1) is 11.8 Å². The van der Waals surface area contributed by atoms with E-state index < -0.39 is 5.97 Å². The monoisotopic (exact) mass is 183 g/mol. The molecule has 1 aromatic rings. The van der Waals surface area contributed by atoms with Gasteiger partial charge in [0.2, 0.25) is 0 Å². The summed E-state index contributed by atoms with van der Waals surface area (Å²) in [5, 5.41) is 8.69. The standard InChI is InChI=1S/C8H9NO2S/c1-4-3-12-6-2-5(8(10)11)9-7(4)6/h2,4,9H,3H2,1H3,(H,10,11). The fourth-order valence-corrected chi connectivity index (χ4v) is 2.56. The summed E-state index contributed by atoms with van der Waals surface area (Å²) < 4.78 is 0. The van der Waals surface area contributed by atoms with Gasteiger partial charge in [0.25, 0.3) is 0 Å². The van der Waals surface area contributed by atoms with E-state index in [1.54, 1.807) is 17.8 Å². The smallest absolute Gasteiger partial charge is 0.352 e. The van der Waals surface area contributed by atoms with Gasteiger partial charge in [0.05, 0.1) is 0 Å². The Morgan fingerprint density at radius 3 is 3.17 bits per heavy atom. The molecule has 3 nitrogen and oxygen atoms in total. The number of fused-ring (bicyclic) bond motifs is 1. The molecule has 2 rings (SSSR count). The van der Waals surface area contributed by atoms with Gasteiger partial charge in [-0.1, -0.05) is 6.92 Å². The van der Waals surface area contributed by atoms with Crippen LogP contribution in [0.4, 0.5) is 0 Å². The molecule has 0 saturated heterocycles. The van der Waals surface area contributed by atoms with E-state index in [9.17, 15) is 4.79 Å². The summed E-state index contributed by atoms with van der Waals surface area (Å²) in [6.45, 7) is 2.10. The van der Waals surface area contributed by atoms with Crippen molar-refractivity contribution in [2.45, 2.75) is 17.7 Å². The Bertz CT molecular complexity index is 332. The number of carboxylic acids is 1. The molecular formula is C8H9NO2S. The van der Waals surface area contributed by atoms with Crippen LogP contribution in [0.15, 0.2) is 11.0 Å². The van der Waals surface area contributed by atoms with Crippen LogP contribution in [0.2, 0.25) is 0 Å². The molecule has 0 aromatic carbocycles. The first kappa shape index (κ1) is 7.73. The highest BCUT2D eigenvalue weighted by Crippen LogP contribution is 2.39. The maximum atomic E-state index is 10.6. The Labute approximate surface area is 74.2 Å². The van der Waals surface area contributed by atoms with Crippen molar-refractivity contribution < 1.29 is 9.90 Å². The van der Waals surface area contributed by atoms with Gasteiger partial charge in [-0.3, -0.25) is 0 Å². The quantitative estimate of drug-likeness (QED) is 0.699. The number of aromatic nitrogens is 1. The van der Waals surface area contributed by atoms with E-state index in [1.165, 1.54) is 0 Å². The number of carbonyl (C=O) groups is 1. The van der Waals surface area contributed by atoms with Crippen LogP contribution in [-0.2, 0) is 0 Å². The molecule has 4 heteroatoms. The van der Waals surface area contributed by atoms with Crippen LogP contribution in [0.1, 0.15) is 29.0 Å². The van der Waals surface area contributed by atoms with E-state index in [-0.39, 0.29) is 0 Å². The summed E-state index contributed by atoms with van der Waals surface area (Å²) in [5.74, 6) is 0.636. The van der Waals surface area contributed by atoms with E-state index >= 15 is 0 Å². The predicted octanol–water partition coefficient (Wildman–Crippen LogP) is 1.92. The lowest BCUT2D eigenvalue weighted by molar-refractivity contribution is 0.0691. The minimum atomic E-state index is -0.878. The predicted molar refractivity (Wildman–Crippen MR) is 46.9 cm³/mol. The fraction of sp³-hybridized carbons (Fsp3) is 0.375. The molecule has 0 aliphatic carbocycles. The molecule has 0 bridgehead atoms. The molecule has 0 spiro atoms. The second-order valence-electron chi connectivity index (χ2n) is 2.98. The van der Waals surface area contributed by atoms with Crippen LogP contribution in [0, 0.1) is 0 Å². The van der Waals surface area contributed by atoms with Crippen LogP contribution in [0.5, 0.6) is 0 Å². The van der Waals surface area contributed by atoms with E-state index in [4.69, 9.17) is 5.11 Å². The summed E-state index contributed by atoms with van der Waals surface area (Å²) in [6.07, 6.45) is 0. The first-order valence-corrected chi connectivity index (χ1v) is 4.76. The SMILES string of the molecule is CC1CSc2cc(C(=O)O)[nH]c21. The zero-order valence-corrected chi connectivity index (χ0v) is 7.44. The zero-order valence-electron chi connectivity index (χ0n) is 6.63. The number of carboxylic acid groups (broad SMARTS) is 1. The Morgan fingerprint density at radius 1 is 1.83 bits per heavy atom. The summed E-state index contributed by atoms with van der Waals surface area (Å²) in [5.41, 5.74) is 1.39. The Kier molecular flexibility index (Phi) is 1.65. The molecule has 0 saturated carbocycles. The van der Waals surface area contributed by atoms with Gasteiger partial charge in [-0.05, 0) is 6.07 Å². The fourth-order valence-electron chi connectivity index (χ4n) is 1.35. The average molecular weight is 183 g/mol. The minimum absolute atomic E-state index is 0.305. The van der Waals surface area contributed by atoms with Crippen molar-refractivity contribution in [2.75, 3.05) is 5.75 Å². The van der Waals surface area contributed by atoms with Crippen molar-refractivity contribution in [1.82, 2.24) is 4.98 Å². The van der Waals surface area contributed by atoms with Crippen LogP contribution < -0.4 is 0 Å². The second kappa shape index (κ2) is 2.55. The number of hydrogen-bond donors (Lipinski definition) is 2. The number of thioether (sulfide) groups is 1. The molecule has 1 atom stereocenters. The molecule has 0 radical (unpaired) electrons. The van der Waals surface area contributed by atoms with Crippen LogP contribution >= 0.6 is 11.8 Å². The number of hydrogen-bond acceptors (Lipinski definition) is 2. The average Bonchev–Trinajstić information content (AvgIpc) is 2.53. The normalized spacial score (nSPS) is 20.9. The lowest BCUT2D eigenvalue weighted by Crippen LogP contribution is -1.98. The Hall–Kier alpha value is -0.900. The molecule has 0 fully saturated rings. The third-order valence-electron chi connectivity index (χ3n) is 2.02. The Morgan fingerprint density at radius 2 is 2.58 bits per heavy atom. The lowest BCUT2D eigenvalue weighted by Gasteiger charge is -1.97. The Balaban J connectivity index is 2.43. The molecule has 12 heavy (non-hydrogen) atoms. The van der Waals surface area contributed by atoms with E-state index in [1.807, 2.05) is 0 Å². The maximum absolute atomic E-state index is 10.6. The van der Waals surface area contributed by atoms with E-state index in [0.717, 1.165) is 16.3 Å². The molecule has 2 N–H and O–H groups in total. The number of aromatic amines is 1. The molecule has 1 unspecified atom stereocenters. The highest BCUT2D eigenvalue weighted by atomic mass is 32.2. The zero-order chi connectivity index (χ0) is 8.72. The van der Waals surface area contributed by atoms with Gasteiger partial charge < -0.3 is 10.1 Å². The first-order valence-electron chi connectivity index (χ1n) is 3.77. The topological polar surface area (TPSA) is 53.1 Å². The molecule has 1 aliphatic rings. The van der Waals surface area contributed by atoms with E-state index in [2.05, 4.69) is 11.9 Å². The van der Waals surface area contributed by atoms with Gasteiger partial charge in [0.1, 0.15) is 5.69 Å². The molecule has 0 amide bonds. The number of H-pyrrole nitrogens is 1. The van der Waals surface area contributed by atoms with Crippen molar-refractivity contribution in [3.63, 3.8) is 0 Å². The minimum Gasteiger partial charge on any atom is -0.477 e. The van der Waals surface area contributed by atoms with Crippen molar-refractivity contribution >= 4 is 17.7 Å². The van der Waals surface area contributed by atoms with Crippen LogP contribution in [0.3, 0.4) is 0 Å². The summed E-state index contributed by atoms with van der Waals surface area (Å²) in [6, 6.07) is 1.71. The van der Waals surface area contributed by atoms with Crippen LogP contribution in [-0.4, -0.2) is 21.8 Å². The molecule has 2 heterocycles. The first-order chi connectivity index (χ1) is 5.68. The molecule has 1 aromatic heterocycles. The van der Waals surface area contributed by atoms with Gasteiger partial charge in [-0.2, -0.15) is 0 Å². The maximum Gasteiger partial charge on any atom is 0.352 e. The van der Waals surface area contributed by atoms with Gasteiger partial charge in [0, 0.05) is 22.3 Å². The second-order valence-corrected chi connectivity index (χ2v) is 4.04. The van der Waals surface area contributed by atoms with Gasteiger partial charge in [0.15, 0.2) is 0 Å². The van der Waals surface area contributed by atoms with Crippen LogP contribution in [0.25, 0.3) is 0 Å². The number of nitrogens with one attached hydrogen (secondary N) is 1. The summed E-state index contributed by atoms with van der Waals surface area (Å²) in [7, 11) is 0. The van der Waals surface area contributed by atoms with Crippen molar-refractivity contribution in [2.24, 2.45) is 0 Å². The van der Waals surface area contributed by atoms with Crippen molar-refractivity contribution in [3.8, 4) is 0 Å². The molecule has 64 valence electrons. The van der Waals surface area contributed by atoms with Crippen molar-refractivity contribution in [3.05, 3.63) is 17.5 Å². The molecule has 1 aliphatic heterocycles. The lowest BCUT2D eigenvalue weighted by atomic mass is 10.1. The summed E-state index contributed by atoms with van der Waals surface area (Å²) >= 11 is 1.72. The highest BCUT2D eigenvalue weighted by Gasteiger charge is 2.23. The van der Waals surface area contributed by atoms with E-state index in [0.29, 0.717) is 11.6 Å². The van der Waals surface area contributed by atoms with Gasteiger partial charge >= 0.3 is 5.97 Å².